The van der Waals surface area contributed by atoms with Crippen LogP contribution in [0.3, 0.4) is 0 Å². The van der Waals surface area contributed by atoms with Gasteiger partial charge in [-0.15, -0.1) is 0 Å². The highest BCUT2D eigenvalue weighted by molar-refractivity contribution is 4.61. The molecular formula is C17H36O. The number of aliphatic hydroxyl groups is 1. The van der Waals surface area contributed by atoms with Crippen molar-refractivity contribution in [2.24, 2.45) is 5.41 Å². The summed E-state index contributed by atoms with van der Waals surface area (Å²) in [6.07, 6.45) is 16.2. The minimum Gasteiger partial charge on any atom is -0.396 e. The zero-order valence-corrected chi connectivity index (χ0v) is 13.1. The zero-order valence-electron chi connectivity index (χ0n) is 13.1. The molecule has 0 rings (SSSR count). The summed E-state index contributed by atoms with van der Waals surface area (Å²) >= 11 is 0. The smallest absolute Gasteiger partial charge is 0.0431 e. The number of hydrogen-bond donors (Lipinski definition) is 1. The number of aliphatic hydroxyl groups excluding tert-OH is 1. The molecule has 110 valence electrons. The van der Waals surface area contributed by atoms with Crippen molar-refractivity contribution in [3.05, 3.63) is 0 Å². The molecule has 18 heavy (non-hydrogen) atoms. The second-order valence-corrected chi connectivity index (χ2v) is 6.92. The quantitative estimate of drug-likeness (QED) is 0.444. The molecular weight excluding hydrogens is 220 g/mol. The molecule has 1 nitrogen and oxygen atoms in total. The molecule has 0 aromatic rings. The maximum atomic E-state index is 8.66. The average molecular weight is 256 g/mol. The van der Waals surface area contributed by atoms with Crippen molar-refractivity contribution in [2.45, 2.75) is 97.8 Å². The van der Waals surface area contributed by atoms with Crippen molar-refractivity contribution >= 4 is 0 Å². The SMILES string of the molecule is CC(C)(C)CCCCCCCCCCCCCO. The Morgan fingerprint density at radius 3 is 1.22 bits per heavy atom. The van der Waals surface area contributed by atoms with Crippen molar-refractivity contribution in [3.8, 4) is 0 Å². The predicted molar refractivity (Wildman–Crippen MR) is 81.9 cm³/mol. The van der Waals surface area contributed by atoms with Crippen LogP contribution in [0.1, 0.15) is 97.8 Å². The highest BCUT2D eigenvalue weighted by Crippen LogP contribution is 2.22. The second kappa shape index (κ2) is 12.0. The number of unbranched alkanes of at least 4 members (excludes halogenated alkanes) is 10. The topological polar surface area (TPSA) is 20.2 Å². The van der Waals surface area contributed by atoms with Crippen molar-refractivity contribution in [1.29, 1.82) is 0 Å². The van der Waals surface area contributed by atoms with E-state index in [4.69, 9.17) is 5.11 Å². The van der Waals surface area contributed by atoms with Gasteiger partial charge in [0.25, 0.3) is 0 Å². The Morgan fingerprint density at radius 2 is 0.889 bits per heavy atom. The summed E-state index contributed by atoms with van der Waals surface area (Å²) in [6, 6.07) is 0. The van der Waals surface area contributed by atoms with Gasteiger partial charge >= 0.3 is 0 Å². The van der Waals surface area contributed by atoms with Crippen LogP contribution in [0.15, 0.2) is 0 Å². The van der Waals surface area contributed by atoms with Crippen LogP contribution in [0, 0.1) is 5.41 Å². The highest BCUT2D eigenvalue weighted by Gasteiger charge is 2.08. The Labute approximate surface area is 115 Å². The minimum absolute atomic E-state index is 0.370. The van der Waals surface area contributed by atoms with Crippen LogP contribution in [0.2, 0.25) is 0 Å². The first-order valence-electron chi connectivity index (χ1n) is 8.17. The molecule has 0 aromatic heterocycles. The van der Waals surface area contributed by atoms with E-state index in [2.05, 4.69) is 20.8 Å². The van der Waals surface area contributed by atoms with Crippen LogP contribution in [0.25, 0.3) is 0 Å². The fourth-order valence-corrected chi connectivity index (χ4v) is 2.36. The van der Waals surface area contributed by atoms with E-state index in [0.29, 0.717) is 12.0 Å². The van der Waals surface area contributed by atoms with Gasteiger partial charge in [0.15, 0.2) is 0 Å². The van der Waals surface area contributed by atoms with Crippen LogP contribution in [-0.2, 0) is 0 Å². The lowest BCUT2D eigenvalue weighted by molar-refractivity contribution is 0.282. The van der Waals surface area contributed by atoms with E-state index in [1.54, 1.807) is 0 Å². The third-order valence-corrected chi connectivity index (χ3v) is 3.58. The van der Waals surface area contributed by atoms with Gasteiger partial charge in [0.1, 0.15) is 0 Å². The predicted octanol–water partition coefficient (Wildman–Crippen LogP) is 5.71. The Balaban J connectivity index is 2.99. The molecule has 0 saturated heterocycles. The van der Waals surface area contributed by atoms with Gasteiger partial charge in [-0.2, -0.15) is 0 Å². The van der Waals surface area contributed by atoms with E-state index in [0.717, 1.165) is 6.42 Å². The van der Waals surface area contributed by atoms with E-state index < -0.39 is 0 Å². The molecule has 0 aromatic carbocycles. The summed E-state index contributed by atoms with van der Waals surface area (Å²) in [6.45, 7) is 7.38. The lowest BCUT2D eigenvalue weighted by atomic mass is 9.89. The van der Waals surface area contributed by atoms with Gasteiger partial charge in [-0.25, -0.2) is 0 Å². The summed E-state index contributed by atoms with van der Waals surface area (Å²) in [5, 5.41) is 8.66. The Morgan fingerprint density at radius 1 is 0.556 bits per heavy atom. The van der Waals surface area contributed by atoms with Crippen LogP contribution in [-0.4, -0.2) is 11.7 Å². The van der Waals surface area contributed by atoms with Crippen LogP contribution in [0.4, 0.5) is 0 Å². The lowest BCUT2D eigenvalue weighted by Gasteiger charge is -2.17. The van der Waals surface area contributed by atoms with Gasteiger partial charge < -0.3 is 5.11 Å². The van der Waals surface area contributed by atoms with Crippen molar-refractivity contribution in [3.63, 3.8) is 0 Å². The minimum atomic E-state index is 0.370. The molecule has 0 spiro atoms. The summed E-state index contributed by atoms with van der Waals surface area (Å²) in [7, 11) is 0. The average Bonchev–Trinajstić information content (AvgIpc) is 2.29. The van der Waals surface area contributed by atoms with Gasteiger partial charge in [-0.3, -0.25) is 0 Å². The van der Waals surface area contributed by atoms with E-state index >= 15 is 0 Å². The molecule has 0 unspecified atom stereocenters. The maximum Gasteiger partial charge on any atom is 0.0431 e. The number of hydrogen-bond acceptors (Lipinski definition) is 1. The van der Waals surface area contributed by atoms with E-state index in [-0.39, 0.29) is 0 Å². The molecule has 0 bridgehead atoms. The molecule has 0 heterocycles. The van der Waals surface area contributed by atoms with Crippen molar-refractivity contribution < 1.29 is 5.11 Å². The second-order valence-electron chi connectivity index (χ2n) is 6.92. The molecule has 1 N–H and O–H groups in total. The summed E-state index contributed by atoms with van der Waals surface area (Å²) in [5.41, 5.74) is 0.522. The number of rotatable bonds is 12. The highest BCUT2D eigenvalue weighted by atomic mass is 16.2. The fourth-order valence-electron chi connectivity index (χ4n) is 2.36. The molecule has 0 fully saturated rings. The molecule has 0 amide bonds. The van der Waals surface area contributed by atoms with Crippen LogP contribution < -0.4 is 0 Å². The Kier molecular flexibility index (Phi) is 12.0. The first-order valence-corrected chi connectivity index (χ1v) is 8.17. The molecule has 1 heteroatoms. The zero-order chi connectivity index (χ0) is 13.7. The lowest BCUT2D eigenvalue weighted by Crippen LogP contribution is -2.03. The van der Waals surface area contributed by atoms with E-state index in [9.17, 15) is 0 Å². The van der Waals surface area contributed by atoms with E-state index in [1.807, 2.05) is 0 Å². The normalized spacial score (nSPS) is 12.0. The Bertz CT molecular complexity index is 157. The van der Waals surface area contributed by atoms with Gasteiger partial charge in [-0.05, 0) is 18.3 Å². The summed E-state index contributed by atoms with van der Waals surface area (Å²) < 4.78 is 0. The first kappa shape index (κ1) is 18.0. The summed E-state index contributed by atoms with van der Waals surface area (Å²) in [5.74, 6) is 0. The monoisotopic (exact) mass is 256 g/mol. The molecule has 0 aliphatic carbocycles. The van der Waals surface area contributed by atoms with Crippen molar-refractivity contribution in [2.75, 3.05) is 6.61 Å². The molecule has 0 aliphatic rings. The van der Waals surface area contributed by atoms with Crippen molar-refractivity contribution in [1.82, 2.24) is 0 Å². The van der Waals surface area contributed by atoms with Gasteiger partial charge in [-0.1, -0.05) is 85.0 Å². The largest absolute Gasteiger partial charge is 0.396 e. The first-order chi connectivity index (χ1) is 8.56. The van der Waals surface area contributed by atoms with Gasteiger partial charge in [0.05, 0.1) is 0 Å². The standard InChI is InChI=1S/C17H36O/c1-17(2,3)15-13-11-9-7-5-4-6-8-10-12-14-16-18/h18H,4-16H2,1-3H3. The fraction of sp³-hybridized carbons (Fsp3) is 1.00. The summed E-state index contributed by atoms with van der Waals surface area (Å²) in [4.78, 5) is 0. The molecule has 0 atom stereocenters. The molecule has 0 aliphatic heterocycles. The maximum absolute atomic E-state index is 8.66. The third kappa shape index (κ3) is 16.0. The third-order valence-electron chi connectivity index (χ3n) is 3.58. The van der Waals surface area contributed by atoms with Crippen LogP contribution in [0.5, 0.6) is 0 Å². The van der Waals surface area contributed by atoms with Gasteiger partial charge in [0, 0.05) is 6.61 Å². The van der Waals surface area contributed by atoms with Gasteiger partial charge in [0.2, 0.25) is 0 Å². The van der Waals surface area contributed by atoms with Crippen LogP contribution >= 0.6 is 0 Å². The molecule has 0 radical (unpaired) electrons. The molecule has 0 saturated carbocycles. The Hall–Kier alpha value is -0.0400. The van der Waals surface area contributed by atoms with E-state index in [1.165, 1.54) is 70.6 Å².